The molecule has 0 fully saturated rings. The molecule has 0 aromatic heterocycles. The molecule has 0 radical (unpaired) electrons. The van der Waals surface area contributed by atoms with Crippen LogP contribution in [0.3, 0.4) is 0 Å². The van der Waals surface area contributed by atoms with E-state index in [1.54, 1.807) is 0 Å². The molecule has 5 heteroatoms. The van der Waals surface area contributed by atoms with Gasteiger partial charge in [-0.2, -0.15) is 0 Å². The van der Waals surface area contributed by atoms with Crippen LogP contribution in [0.25, 0.3) is 0 Å². The van der Waals surface area contributed by atoms with Gasteiger partial charge in [-0.25, -0.2) is 13.2 Å². The fraction of sp³-hybridized carbons (Fsp3) is 0.455. The van der Waals surface area contributed by atoms with Gasteiger partial charge in [0.1, 0.15) is 5.82 Å². The van der Waals surface area contributed by atoms with Crippen molar-refractivity contribution in [3.8, 4) is 0 Å². The van der Waals surface area contributed by atoms with E-state index in [1.807, 2.05) is 13.8 Å². The highest BCUT2D eigenvalue weighted by Gasteiger charge is 2.20. The van der Waals surface area contributed by atoms with Crippen LogP contribution < -0.4 is 5.73 Å². The second-order valence-electron chi connectivity index (χ2n) is 3.70. The van der Waals surface area contributed by atoms with E-state index in [0.717, 1.165) is 12.5 Å². The van der Waals surface area contributed by atoms with Crippen molar-refractivity contribution in [1.29, 1.82) is 0 Å². The van der Waals surface area contributed by atoms with Gasteiger partial charge in [0.05, 0.1) is 0 Å². The Morgan fingerprint density at radius 2 is 1.81 bits per heavy atom. The van der Waals surface area contributed by atoms with Gasteiger partial charge in [0.25, 0.3) is 0 Å². The minimum Gasteiger partial charge on any atom is -0.324 e. The third-order valence-electron chi connectivity index (χ3n) is 2.64. The van der Waals surface area contributed by atoms with Crippen LogP contribution in [0.1, 0.15) is 31.9 Å². The summed E-state index contributed by atoms with van der Waals surface area (Å²) in [5.41, 5.74) is 5.62. The lowest BCUT2D eigenvalue weighted by Crippen LogP contribution is -2.20. The SMILES string of the molecule is CCC(C)[C@H](N)c1cc(F)cc(F)c1F.Cl. The molecule has 2 N–H and O–H groups in total. The fourth-order valence-corrected chi connectivity index (χ4v) is 1.38. The van der Waals surface area contributed by atoms with E-state index in [9.17, 15) is 13.2 Å². The molecule has 0 aliphatic heterocycles. The first-order valence-electron chi connectivity index (χ1n) is 4.87. The first kappa shape index (κ1) is 15.3. The Hall–Kier alpha value is -0.740. The zero-order valence-corrected chi connectivity index (χ0v) is 9.95. The Kier molecular flexibility index (Phi) is 5.83. The Balaban J connectivity index is 0.00000225. The van der Waals surface area contributed by atoms with Crippen LogP contribution in [0, 0.1) is 23.4 Å². The van der Waals surface area contributed by atoms with E-state index in [2.05, 4.69) is 0 Å². The van der Waals surface area contributed by atoms with Gasteiger partial charge in [0, 0.05) is 17.7 Å². The maximum Gasteiger partial charge on any atom is 0.163 e. The van der Waals surface area contributed by atoms with Gasteiger partial charge < -0.3 is 5.73 Å². The second-order valence-corrected chi connectivity index (χ2v) is 3.70. The van der Waals surface area contributed by atoms with Gasteiger partial charge in [-0.05, 0) is 12.0 Å². The summed E-state index contributed by atoms with van der Waals surface area (Å²) in [6.45, 7) is 3.70. The van der Waals surface area contributed by atoms with Crippen molar-refractivity contribution in [3.63, 3.8) is 0 Å². The first-order chi connectivity index (χ1) is 6.97. The molecule has 0 aliphatic rings. The van der Waals surface area contributed by atoms with Crippen LogP contribution in [0.2, 0.25) is 0 Å². The predicted molar refractivity (Wildman–Crippen MR) is 59.9 cm³/mol. The van der Waals surface area contributed by atoms with E-state index in [1.165, 1.54) is 0 Å². The molecule has 0 spiro atoms. The predicted octanol–water partition coefficient (Wildman–Crippen LogP) is 3.57. The normalized spacial score (nSPS) is 14.1. The molecule has 1 aromatic rings. The highest BCUT2D eigenvalue weighted by molar-refractivity contribution is 5.85. The third kappa shape index (κ3) is 3.12. The molecule has 0 amide bonds. The van der Waals surface area contributed by atoms with Crippen LogP contribution in [0.4, 0.5) is 13.2 Å². The molecule has 2 atom stereocenters. The molecule has 1 rings (SSSR count). The highest BCUT2D eigenvalue weighted by Crippen LogP contribution is 2.26. The summed E-state index contributed by atoms with van der Waals surface area (Å²) in [4.78, 5) is 0. The smallest absolute Gasteiger partial charge is 0.163 e. The maximum absolute atomic E-state index is 13.3. The lowest BCUT2D eigenvalue weighted by atomic mass is 9.93. The Labute approximate surface area is 99.2 Å². The third-order valence-corrected chi connectivity index (χ3v) is 2.64. The Morgan fingerprint density at radius 3 is 2.31 bits per heavy atom. The van der Waals surface area contributed by atoms with Crippen LogP contribution in [-0.4, -0.2) is 0 Å². The molecule has 0 aliphatic carbocycles. The average molecular weight is 254 g/mol. The lowest BCUT2D eigenvalue weighted by Gasteiger charge is -2.19. The molecule has 1 unspecified atom stereocenters. The highest BCUT2D eigenvalue weighted by atomic mass is 35.5. The van der Waals surface area contributed by atoms with Crippen LogP contribution >= 0.6 is 12.4 Å². The molecule has 0 saturated heterocycles. The molecular weight excluding hydrogens is 239 g/mol. The largest absolute Gasteiger partial charge is 0.324 e. The molecule has 0 heterocycles. The van der Waals surface area contributed by atoms with Crippen molar-refractivity contribution < 1.29 is 13.2 Å². The van der Waals surface area contributed by atoms with Crippen LogP contribution in [0.15, 0.2) is 12.1 Å². The number of hydrogen-bond acceptors (Lipinski definition) is 1. The summed E-state index contributed by atoms with van der Waals surface area (Å²) in [7, 11) is 0. The van der Waals surface area contributed by atoms with Crippen molar-refractivity contribution in [3.05, 3.63) is 35.1 Å². The first-order valence-corrected chi connectivity index (χ1v) is 4.87. The fourth-order valence-electron chi connectivity index (χ4n) is 1.38. The molecule has 1 nitrogen and oxygen atoms in total. The van der Waals surface area contributed by atoms with Crippen molar-refractivity contribution in [2.45, 2.75) is 26.3 Å². The Morgan fingerprint density at radius 1 is 1.25 bits per heavy atom. The maximum atomic E-state index is 13.3. The van der Waals surface area contributed by atoms with E-state index in [-0.39, 0.29) is 23.9 Å². The zero-order chi connectivity index (χ0) is 11.6. The molecule has 0 saturated carbocycles. The van der Waals surface area contributed by atoms with Gasteiger partial charge in [-0.15, -0.1) is 12.4 Å². The molecule has 0 bridgehead atoms. The number of hydrogen-bond donors (Lipinski definition) is 1. The number of nitrogens with two attached hydrogens (primary N) is 1. The minimum atomic E-state index is -1.19. The van der Waals surface area contributed by atoms with E-state index in [4.69, 9.17) is 5.73 Å². The molecule has 1 aromatic carbocycles. The van der Waals surface area contributed by atoms with Gasteiger partial charge in [0.2, 0.25) is 0 Å². The quantitative estimate of drug-likeness (QED) is 0.819. The van der Waals surface area contributed by atoms with Crippen molar-refractivity contribution in [1.82, 2.24) is 0 Å². The summed E-state index contributed by atoms with van der Waals surface area (Å²) < 4.78 is 39.1. The summed E-state index contributed by atoms with van der Waals surface area (Å²) in [5, 5.41) is 0. The second kappa shape index (κ2) is 6.11. The monoisotopic (exact) mass is 253 g/mol. The number of rotatable bonds is 3. The summed E-state index contributed by atoms with van der Waals surface area (Å²) >= 11 is 0. The average Bonchev–Trinajstić information content (AvgIpc) is 2.21. The van der Waals surface area contributed by atoms with Gasteiger partial charge in [0.15, 0.2) is 11.6 Å². The van der Waals surface area contributed by atoms with Crippen molar-refractivity contribution >= 4 is 12.4 Å². The van der Waals surface area contributed by atoms with Gasteiger partial charge in [-0.3, -0.25) is 0 Å². The van der Waals surface area contributed by atoms with Gasteiger partial charge >= 0.3 is 0 Å². The van der Waals surface area contributed by atoms with E-state index >= 15 is 0 Å². The van der Waals surface area contributed by atoms with Crippen molar-refractivity contribution in [2.24, 2.45) is 11.7 Å². The van der Waals surface area contributed by atoms with Crippen LogP contribution in [-0.2, 0) is 0 Å². The van der Waals surface area contributed by atoms with Crippen LogP contribution in [0.5, 0.6) is 0 Å². The summed E-state index contributed by atoms with van der Waals surface area (Å²) in [6, 6.07) is 0.789. The van der Waals surface area contributed by atoms with E-state index < -0.39 is 23.5 Å². The standard InChI is InChI=1S/C11H14F3N.ClH/c1-3-6(2)11(15)8-4-7(12)5-9(13)10(8)14;/h4-6,11H,3,15H2,1-2H3;1H/t6?,11-;/m0./s1. The topological polar surface area (TPSA) is 26.0 Å². The number of benzene rings is 1. The summed E-state index contributed by atoms with van der Waals surface area (Å²) in [5.74, 6) is -3.07. The summed E-state index contributed by atoms with van der Waals surface area (Å²) in [6.07, 6.45) is 0.721. The lowest BCUT2D eigenvalue weighted by molar-refractivity contribution is 0.417. The molecule has 16 heavy (non-hydrogen) atoms. The Bertz CT molecular complexity index is 357. The molecule has 92 valence electrons. The minimum absolute atomic E-state index is 0. The molecular formula is C11H15ClF3N. The van der Waals surface area contributed by atoms with E-state index in [0.29, 0.717) is 6.07 Å². The van der Waals surface area contributed by atoms with Gasteiger partial charge in [-0.1, -0.05) is 20.3 Å². The number of halogens is 4. The van der Waals surface area contributed by atoms with Crippen molar-refractivity contribution in [2.75, 3.05) is 0 Å². The zero-order valence-electron chi connectivity index (χ0n) is 9.14.